The highest BCUT2D eigenvalue weighted by molar-refractivity contribution is 6.23. The van der Waals surface area contributed by atoms with Gasteiger partial charge >= 0.3 is 0 Å². The third kappa shape index (κ3) is 5.58. The first-order valence-corrected chi connectivity index (χ1v) is 10.9. The van der Waals surface area contributed by atoms with E-state index in [0.717, 1.165) is 16.7 Å². The number of aryl methyl sites for hydroxylation is 1. The molecule has 0 heterocycles. The first-order chi connectivity index (χ1) is 15.8. The number of Topliss-reactive ketones (excluding diaryl/α,β-unsaturated/α-hetero) is 2. The summed E-state index contributed by atoms with van der Waals surface area (Å²) in [6.07, 6.45) is 1.31. The largest absolute Gasteiger partial charge is 0.489 e. The number of carbonyl (C=O) groups excluding carboxylic acids is 3. The van der Waals surface area contributed by atoms with Crippen LogP contribution in [0.25, 0.3) is 0 Å². The third-order valence-corrected chi connectivity index (χ3v) is 5.82. The van der Waals surface area contributed by atoms with Crippen LogP contribution in [0.1, 0.15) is 43.0 Å². The molecule has 3 rings (SSSR count). The van der Waals surface area contributed by atoms with Crippen LogP contribution in [-0.2, 0) is 36.7 Å². The number of rotatable bonds is 9. The Kier molecular flexibility index (Phi) is 7.83. The van der Waals surface area contributed by atoms with Gasteiger partial charge in [-0.25, -0.2) is 0 Å². The van der Waals surface area contributed by atoms with Gasteiger partial charge in [0, 0.05) is 24.0 Å². The van der Waals surface area contributed by atoms with E-state index in [2.05, 4.69) is 5.32 Å². The molecule has 1 N–H and O–H groups in total. The molecule has 0 saturated heterocycles. The van der Waals surface area contributed by atoms with E-state index in [4.69, 9.17) is 9.47 Å². The van der Waals surface area contributed by atoms with Crippen molar-refractivity contribution >= 4 is 17.5 Å². The Balaban J connectivity index is 1.59. The van der Waals surface area contributed by atoms with Crippen LogP contribution in [0.5, 0.6) is 0 Å². The topological polar surface area (TPSA) is 81.7 Å². The van der Waals surface area contributed by atoms with Crippen molar-refractivity contribution in [3.05, 3.63) is 94.0 Å². The monoisotopic (exact) mass is 447 g/mol. The summed E-state index contributed by atoms with van der Waals surface area (Å²) in [5.74, 6) is -0.791. The molecule has 0 aliphatic heterocycles. The lowest BCUT2D eigenvalue weighted by atomic mass is 9.88. The van der Waals surface area contributed by atoms with Gasteiger partial charge in [-0.2, -0.15) is 0 Å². The lowest BCUT2D eigenvalue weighted by Gasteiger charge is -2.20. The molecule has 0 spiro atoms. The molecule has 0 radical (unpaired) electrons. The maximum absolute atomic E-state index is 12.8. The number of ether oxygens (including phenoxy) is 2. The van der Waals surface area contributed by atoms with Gasteiger partial charge in [-0.05, 0) is 37.0 Å². The number of allylic oxidation sites excluding steroid dienone is 2. The van der Waals surface area contributed by atoms with Gasteiger partial charge in [-0.3, -0.25) is 14.4 Å². The SMILES string of the molecule is COC1=C(OC)C(=O)C(Cc2ccc(CCC(=O)NC(C)c3ccccc3)cc2)=C(C)C1=O. The molecule has 172 valence electrons. The van der Waals surface area contributed by atoms with Crippen molar-refractivity contribution in [3.8, 4) is 0 Å². The standard InChI is InChI=1S/C27H29NO5/c1-17-22(25(31)27(33-4)26(32-3)24(17)30)16-20-12-10-19(11-13-20)14-15-23(29)28-18(2)21-8-6-5-7-9-21/h5-13,18H,14-16H2,1-4H3,(H,28,29). The minimum atomic E-state index is -0.337. The minimum Gasteiger partial charge on any atom is -0.489 e. The molecule has 0 bridgehead atoms. The molecule has 1 amide bonds. The fourth-order valence-corrected chi connectivity index (χ4v) is 3.83. The summed E-state index contributed by atoms with van der Waals surface area (Å²) >= 11 is 0. The molecule has 1 atom stereocenters. The van der Waals surface area contributed by atoms with Crippen molar-refractivity contribution in [1.82, 2.24) is 5.32 Å². The van der Waals surface area contributed by atoms with Gasteiger partial charge < -0.3 is 14.8 Å². The highest BCUT2D eigenvalue weighted by Gasteiger charge is 2.34. The zero-order valence-corrected chi connectivity index (χ0v) is 19.4. The molecule has 33 heavy (non-hydrogen) atoms. The molecule has 0 aromatic heterocycles. The van der Waals surface area contributed by atoms with Crippen LogP contribution in [0.4, 0.5) is 0 Å². The Morgan fingerprint density at radius 2 is 1.45 bits per heavy atom. The molecule has 0 fully saturated rings. The maximum atomic E-state index is 12.8. The molecule has 1 aliphatic rings. The molecule has 1 aliphatic carbocycles. The van der Waals surface area contributed by atoms with E-state index in [1.165, 1.54) is 14.2 Å². The van der Waals surface area contributed by atoms with Gasteiger partial charge in [0.25, 0.3) is 0 Å². The maximum Gasteiger partial charge on any atom is 0.228 e. The van der Waals surface area contributed by atoms with Crippen LogP contribution < -0.4 is 5.32 Å². The fraction of sp³-hybridized carbons (Fsp3) is 0.296. The van der Waals surface area contributed by atoms with Crippen LogP contribution in [0, 0.1) is 0 Å². The number of nitrogens with one attached hydrogen (secondary N) is 1. The van der Waals surface area contributed by atoms with Crippen molar-refractivity contribution < 1.29 is 23.9 Å². The zero-order valence-electron chi connectivity index (χ0n) is 19.4. The highest BCUT2D eigenvalue weighted by Crippen LogP contribution is 2.28. The van der Waals surface area contributed by atoms with Gasteiger partial charge in [0.2, 0.25) is 29.0 Å². The molecular weight excluding hydrogens is 418 g/mol. The summed E-state index contributed by atoms with van der Waals surface area (Å²) in [6.45, 7) is 3.60. The average Bonchev–Trinajstić information content (AvgIpc) is 2.83. The van der Waals surface area contributed by atoms with Gasteiger partial charge in [-0.15, -0.1) is 0 Å². The first kappa shape index (κ1) is 24.0. The number of hydrogen-bond acceptors (Lipinski definition) is 5. The minimum absolute atomic E-state index is 0.00430. The van der Waals surface area contributed by atoms with Crippen molar-refractivity contribution in [2.24, 2.45) is 0 Å². The van der Waals surface area contributed by atoms with Crippen LogP contribution >= 0.6 is 0 Å². The van der Waals surface area contributed by atoms with Crippen LogP contribution in [-0.4, -0.2) is 31.7 Å². The Morgan fingerprint density at radius 3 is 2.06 bits per heavy atom. The van der Waals surface area contributed by atoms with E-state index >= 15 is 0 Å². The lowest BCUT2D eigenvalue weighted by Crippen LogP contribution is -2.26. The lowest BCUT2D eigenvalue weighted by molar-refractivity contribution is -0.121. The van der Waals surface area contributed by atoms with Crippen molar-refractivity contribution in [1.29, 1.82) is 0 Å². The predicted molar refractivity (Wildman–Crippen MR) is 125 cm³/mol. The van der Waals surface area contributed by atoms with Crippen LogP contribution in [0.2, 0.25) is 0 Å². The van der Waals surface area contributed by atoms with Crippen LogP contribution in [0.3, 0.4) is 0 Å². The second-order valence-corrected chi connectivity index (χ2v) is 8.02. The Labute approximate surface area is 194 Å². The van der Waals surface area contributed by atoms with E-state index in [1.807, 2.05) is 61.5 Å². The summed E-state index contributed by atoms with van der Waals surface area (Å²) in [4.78, 5) is 37.7. The Hall–Kier alpha value is -3.67. The molecule has 6 nitrogen and oxygen atoms in total. The summed E-state index contributed by atoms with van der Waals surface area (Å²) in [5.41, 5.74) is 3.76. The van der Waals surface area contributed by atoms with E-state index in [1.54, 1.807) is 6.92 Å². The van der Waals surface area contributed by atoms with Crippen LogP contribution in [0.15, 0.2) is 77.3 Å². The molecule has 2 aromatic rings. The molecule has 2 aromatic carbocycles. The van der Waals surface area contributed by atoms with Crippen molar-refractivity contribution in [2.45, 2.75) is 39.2 Å². The quantitative estimate of drug-likeness (QED) is 0.588. The molecule has 0 saturated carbocycles. The second-order valence-electron chi connectivity index (χ2n) is 8.02. The summed E-state index contributed by atoms with van der Waals surface area (Å²) in [7, 11) is 2.70. The average molecular weight is 448 g/mol. The molecular formula is C27H29NO5. The number of ketones is 2. The third-order valence-electron chi connectivity index (χ3n) is 5.82. The van der Waals surface area contributed by atoms with Gasteiger partial charge in [0.05, 0.1) is 20.3 Å². The van der Waals surface area contributed by atoms with Crippen molar-refractivity contribution in [2.75, 3.05) is 14.2 Å². The van der Waals surface area contributed by atoms with Crippen molar-refractivity contribution in [3.63, 3.8) is 0 Å². The number of hydrogen-bond donors (Lipinski definition) is 1. The van der Waals surface area contributed by atoms with E-state index in [0.29, 0.717) is 30.4 Å². The predicted octanol–water partition coefficient (Wildman–Crippen LogP) is 4.01. The summed E-state index contributed by atoms with van der Waals surface area (Å²) < 4.78 is 10.2. The number of methoxy groups -OCH3 is 2. The Morgan fingerprint density at radius 1 is 0.879 bits per heavy atom. The fourth-order valence-electron chi connectivity index (χ4n) is 3.83. The number of benzene rings is 2. The van der Waals surface area contributed by atoms with Gasteiger partial charge in [0.1, 0.15) is 0 Å². The highest BCUT2D eigenvalue weighted by atomic mass is 16.5. The first-order valence-electron chi connectivity index (χ1n) is 10.9. The second kappa shape index (κ2) is 10.8. The van der Waals surface area contributed by atoms with E-state index in [-0.39, 0.29) is 35.0 Å². The van der Waals surface area contributed by atoms with E-state index < -0.39 is 0 Å². The Bertz CT molecular complexity index is 1100. The van der Waals surface area contributed by atoms with Gasteiger partial charge in [-0.1, -0.05) is 54.6 Å². The smallest absolute Gasteiger partial charge is 0.228 e. The molecule has 1 unspecified atom stereocenters. The number of amides is 1. The normalized spacial score (nSPS) is 14.9. The summed E-state index contributed by atoms with van der Waals surface area (Å²) in [6, 6.07) is 17.5. The zero-order chi connectivity index (χ0) is 24.0. The molecule has 6 heteroatoms. The van der Waals surface area contributed by atoms with E-state index in [9.17, 15) is 14.4 Å². The van der Waals surface area contributed by atoms with Gasteiger partial charge in [0.15, 0.2) is 0 Å². The number of carbonyl (C=O) groups is 3. The summed E-state index contributed by atoms with van der Waals surface area (Å²) in [5, 5.41) is 3.02.